The second kappa shape index (κ2) is 13.9. The molecule has 0 N–H and O–H groups in total. The van der Waals surface area contributed by atoms with Crippen molar-refractivity contribution in [3.05, 3.63) is 63.8 Å². The summed E-state index contributed by atoms with van der Waals surface area (Å²) < 4.78 is 118. The Morgan fingerprint density at radius 1 is 0.583 bits per heavy atom. The average molecular weight is 559 g/mol. The van der Waals surface area contributed by atoms with Crippen LogP contribution in [0, 0.1) is 0 Å². The number of carbonyl (C=O) groups excluding carboxylic acids is 2. The number of benzene rings is 2. The van der Waals surface area contributed by atoms with Gasteiger partial charge in [0, 0.05) is 11.1 Å². The first-order chi connectivity index (χ1) is 14.9. The molecule has 0 aliphatic heterocycles. The Kier molecular flexibility index (Phi) is 14.4. The van der Waals surface area contributed by atoms with Crippen LogP contribution in [-0.2, 0) is 40.3 Å². The van der Waals surface area contributed by atoms with Crippen LogP contribution in [0.15, 0.2) is 58.3 Å². The summed E-state index contributed by atoms with van der Waals surface area (Å²) >= 11 is 0. The average Bonchev–Trinajstić information content (AvgIpc) is 2.64. The van der Waals surface area contributed by atoms with Gasteiger partial charge in [0.05, 0.1) is 41.3 Å². The third kappa shape index (κ3) is 10.6. The maximum absolute atomic E-state index is 12.2. The molecule has 20 heteroatoms. The van der Waals surface area contributed by atoms with Crippen LogP contribution in [0.25, 0.3) is 4.13 Å². The third-order valence-electron chi connectivity index (χ3n) is 3.77. The normalized spacial score (nSPS) is 11.8. The van der Waals surface area contributed by atoms with E-state index in [4.69, 9.17) is 0 Å². The van der Waals surface area contributed by atoms with E-state index >= 15 is 0 Å². The minimum absolute atomic E-state index is 0. The molecule has 0 unspecified atom stereocenters. The number of hydrogen-bond acceptors (Lipinski definition) is 12. The van der Waals surface area contributed by atoms with Crippen molar-refractivity contribution in [2.24, 2.45) is 0 Å². The maximum Gasteiger partial charge on any atom is 1.00 e. The molecule has 180 valence electrons. The van der Waals surface area contributed by atoms with Gasteiger partial charge < -0.3 is 13.2 Å². The molecule has 0 spiro atoms. The first-order valence-corrected chi connectivity index (χ1v) is 14.3. The zero-order chi connectivity index (χ0) is 25.2. The summed E-state index contributed by atoms with van der Waals surface area (Å²) in [5.74, 6) is -6.23. The molecule has 2 rings (SSSR count). The van der Waals surface area contributed by atoms with Crippen LogP contribution in [0.2, 0.25) is 0 Å². The predicted octanol–water partition coefficient (Wildman–Crippen LogP) is -9.39. The Bertz CT molecular complexity index is 1440. The monoisotopic (exact) mass is 559 g/mol. The van der Waals surface area contributed by atoms with Gasteiger partial charge in [0.25, 0.3) is 0 Å². The second-order valence-corrected chi connectivity index (χ2v) is 12.5. The van der Waals surface area contributed by atoms with E-state index in [0.717, 1.165) is 48.5 Å². The fourth-order valence-corrected chi connectivity index (χ4v) is 6.71. The molecule has 0 fully saturated rings. The van der Waals surface area contributed by atoms with E-state index in [9.17, 15) is 52.4 Å². The minimum Gasteiger partial charge on any atom is -0.744 e. The molecule has 0 bridgehead atoms. The Balaban J connectivity index is 0. The van der Waals surface area contributed by atoms with Gasteiger partial charge in [-0.15, -0.1) is 0 Å². The minimum atomic E-state index is -5.17. The van der Waals surface area contributed by atoms with Gasteiger partial charge in [-0.1, -0.05) is 36.4 Å². The van der Waals surface area contributed by atoms with Gasteiger partial charge in [-0.05, 0) is 12.1 Å². The van der Waals surface area contributed by atoms with Crippen LogP contribution in [0.5, 0.6) is 0 Å². The Morgan fingerprint density at radius 3 is 1.14 bits per heavy atom. The summed E-state index contributed by atoms with van der Waals surface area (Å²) in [6.45, 7) is 0. The van der Waals surface area contributed by atoms with E-state index in [2.05, 4.69) is 4.13 Å². The molecule has 0 atom stereocenters. The number of Topliss-reactive ketones (excluding diaryl/α,β-unsaturated/α-hetero) is 2. The maximum atomic E-state index is 12.2. The molecule has 0 saturated heterocycles. The van der Waals surface area contributed by atoms with Crippen LogP contribution in [0.4, 0.5) is 0 Å². The molecule has 36 heavy (non-hydrogen) atoms. The zero-order valence-electron chi connectivity index (χ0n) is 19.0. The number of hydrogen-bond donors (Lipinski definition) is 0. The number of sulfonamides is 2. The van der Waals surface area contributed by atoms with Gasteiger partial charge in [-0.3, -0.25) is 9.59 Å². The molecule has 2 aromatic rings. The van der Waals surface area contributed by atoms with Crippen LogP contribution in [0.1, 0.15) is 20.7 Å². The third-order valence-corrected chi connectivity index (χ3v) is 8.63. The Morgan fingerprint density at radius 2 is 0.861 bits per heavy atom. The van der Waals surface area contributed by atoms with Crippen molar-refractivity contribution in [2.75, 3.05) is 11.5 Å². The fourth-order valence-electron chi connectivity index (χ4n) is 2.54. The standard InChI is InChI=1S/C16H14NO12S4.3Li/c18-13(11-5-1-3-7-15(11)32(24,25)26)9-30(20,21)17-31(22,23)10-14(19)12-6-2-4-8-16(12)33(27,28)29;;;/h1-8H,9-10H2,(H,24,25,26)(H,27,28,29);;;/q-1;3*+1/p-2. The van der Waals surface area contributed by atoms with E-state index in [-0.39, 0.29) is 56.6 Å². The molecular weight excluding hydrogens is 547 g/mol. The predicted molar refractivity (Wildman–Crippen MR) is 108 cm³/mol. The second-order valence-electron chi connectivity index (χ2n) is 6.27. The van der Waals surface area contributed by atoms with Crippen molar-refractivity contribution in [3.8, 4) is 0 Å². The van der Waals surface area contributed by atoms with Crippen LogP contribution >= 0.6 is 0 Å². The van der Waals surface area contributed by atoms with E-state index in [0.29, 0.717) is 0 Å². The van der Waals surface area contributed by atoms with E-state index in [1.54, 1.807) is 0 Å². The van der Waals surface area contributed by atoms with Gasteiger partial charge in [-0.25, -0.2) is 33.7 Å². The number of carbonyl (C=O) groups is 2. The quantitative estimate of drug-likeness (QED) is 0.150. The van der Waals surface area contributed by atoms with E-state index < -0.39 is 84.3 Å². The van der Waals surface area contributed by atoms with Crippen LogP contribution in [-0.4, -0.2) is 65.8 Å². The molecular formula is C16H12Li3NO12S4. The summed E-state index contributed by atoms with van der Waals surface area (Å²) in [5, 5.41) is 0. The summed E-state index contributed by atoms with van der Waals surface area (Å²) in [6.07, 6.45) is 0. The van der Waals surface area contributed by atoms with Gasteiger partial charge in [0.15, 0.2) is 11.6 Å². The van der Waals surface area contributed by atoms with Crippen LogP contribution in [0.3, 0.4) is 0 Å². The zero-order valence-corrected chi connectivity index (χ0v) is 22.3. The summed E-state index contributed by atoms with van der Waals surface area (Å²) in [4.78, 5) is 22.4. The van der Waals surface area contributed by atoms with Gasteiger partial charge in [0.1, 0.15) is 20.2 Å². The molecule has 0 radical (unpaired) electrons. The van der Waals surface area contributed by atoms with Crippen molar-refractivity contribution in [1.29, 1.82) is 0 Å². The van der Waals surface area contributed by atoms with Crippen molar-refractivity contribution in [3.63, 3.8) is 0 Å². The summed E-state index contributed by atoms with van der Waals surface area (Å²) in [7, 11) is -20.6. The first kappa shape index (κ1) is 37.4. The SMILES string of the molecule is O=C(CS(=O)(=O)[N-]S(=O)(=O)CC(=O)c1ccccc1S(=O)(=O)[O-])c1ccccc1S(=O)(=O)[O-].[Li+].[Li+].[Li+]. The largest absolute Gasteiger partial charge is 1.00 e. The van der Waals surface area contributed by atoms with Crippen molar-refractivity contribution in [1.82, 2.24) is 0 Å². The molecule has 0 saturated carbocycles. The van der Waals surface area contributed by atoms with E-state index in [1.807, 2.05) is 0 Å². The molecule has 0 amide bonds. The fraction of sp³-hybridized carbons (Fsp3) is 0.125. The van der Waals surface area contributed by atoms with Gasteiger partial charge in [0.2, 0.25) is 0 Å². The summed E-state index contributed by atoms with van der Waals surface area (Å²) in [5.41, 5.74) is -1.62. The molecule has 0 aromatic heterocycles. The molecule has 0 heterocycles. The van der Waals surface area contributed by atoms with Crippen molar-refractivity contribution in [2.45, 2.75) is 9.79 Å². The molecule has 13 nitrogen and oxygen atoms in total. The number of nitrogens with zero attached hydrogens (tertiary/aromatic N) is 1. The molecule has 2 aromatic carbocycles. The number of ketones is 2. The Labute approximate surface area is 243 Å². The Hall–Kier alpha value is -0.748. The summed E-state index contributed by atoms with van der Waals surface area (Å²) in [6, 6.07) is 7.60. The van der Waals surface area contributed by atoms with Gasteiger partial charge in [-0.2, -0.15) is 0 Å². The first-order valence-electron chi connectivity index (χ1n) is 8.29. The molecule has 0 aliphatic rings. The van der Waals surface area contributed by atoms with Crippen molar-refractivity contribution < 1.29 is 109 Å². The van der Waals surface area contributed by atoms with Crippen LogP contribution < -0.4 is 56.6 Å². The smallest absolute Gasteiger partial charge is 0.744 e. The topological polar surface area (TPSA) is 231 Å². The van der Waals surface area contributed by atoms with Gasteiger partial charge >= 0.3 is 56.6 Å². The molecule has 0 aliphatic carbocycles. The van der Waals surface area contributed by atoms with E-state index in [1.165, 1.54) is 0 Å². The number of rotatable bonds is 10. The van der Waals surface area contributed by atoms with Crippen molar-refractivity contribution >= 4 is 51.8 Å².